The highest BCUT2D eigenvalue weighted by Crippen LogP contribution is 2.24. The van der Waals surface area contributed by atoms with E-state index >= 15 is 0 Å². The summed E-state index contributed by atoms with van der Waals surface area (Å²) < 4.78 is 5.59. The lowest BCUT2D eigenvalue weighted by Gasteiger charge is -2.27. The lowest BCUT2D eigenvalue weighted by Crippen LogP contribution is -2.31. The third kappa shape index (κ3) is 3.06. The van der Waals surface area contributed by atoms with Gasteiger partial charge >= 0.3 is 0 Å². The molecule has 2 unspecified atom stereocenters. The van der Waals surface area contributed by atoms with E-state index in [9.17, 15) is 0 Å². The molecule has 0 fully saturated rings. The van der Waals surface area contributed by atoms with Crippen LogP contribution in [0.15, 0.2) is 24.3 Å². The Kier molecular flexibility index (Phi) is 5.50. The van der Waals surface area contributed by atoms with Crippen molar-refractivity contribution in [2.24, 2.45) is 0 Å². The highest BCUT2D eigenvalue weighted by atomic mass is 16.5. The maximum atomic E-state index is 5.59. The monoisotopic (exact) mass is 221 g/mol. The molecule has 0 bridgehead atoms. The molecule has 90 valence electrons. The first-order chi connectivity index (χ1) is 7.74. The van der Waals surface area contributed by atoms with Gasteiger partial charge in [-0.1, -0.05) is 37.6 Å². The summed E-state index contributed by atoms with van der Waals surface area (Å²) in [6.07, 6.45) is 2.47. The van der Waals surface area contributed by atoms with Crippen molar-refractivity contribution in [1.82, 2.24) is 5.32 Å². The van der Waals surface area contributed by atoms with Gasteiger partial charge in [0, 0.05) is 7.11 Å². The molecule has 1 aromatic rings. The van der Waals surface area contributed by atoms with Crippen molar-refractivity contribution in [2.75, 3.05) is 14.2 Å². The summed E-state index contributed by atoms with van der Waals surface area (Å²) >= 11 is 0. The molecular weight excluding hydrogens is 198 g/mol. The number of benzene rings is 1. The van der Waals surface area contributed by atoms with Gasteiger partial charge in [0.2, 0.25) is 0 Å². The molecule has 0 aliphatic heterocycles. The second-order valence-electron chi connectivity index (χ2n) is 4.19. The SMILES string of the molecule is CCCC(OC)C(NC)c1ccccc1C. The van der Waals surface area contributed by atoms with Gasteiger partial charge in [0.15, 0.2) is 0 Å². The molecule has 0 saturated heterocycles. The quantitative estimate of drug-likeness (QED) is 0.797. The summed E-state index contributed by atoms with van der Waals surface area (Å²) in [5.41, 5.74) is 2.66. The largest absolute Gasteiger partial charge is 0.379 e. The van der Waals surface area contributed by atoms with Crippen LogP contribution in [0.1, 0.15) is 36.9 Å². The molecule has 0 saturated carbocycles. The average molecular weight is 221 g/mol. The van der Waals surface area contributed by atoms with Crippen LogP contribution in [0.25, 0.3) is 0 Å². The minimum atomic E-state index is 0.246. The lowest BCUT2D eigenvalue weighted by atomic mass is 9.95. The van der Waals surface area contributed by atoms with Crippen LogP contribution in [0, 0.1) is 6.92 Å². The van der Waals surface area contributed by atoms with E-state index in [4.69, 9.17) is 4.74 Å². The van der Waals surface area contributed by atoms with E-state index in [1.165, 1.54) is 11.1 Å². The third-order valence-corrected chi connectivity index (χ3v) is 3.08. The summed E-state index contributed by atoms with van der Waals surface area (Å²) in [5, 5.41) is 3.37. The number of aryl methyl sites for hydroxylation is 1. The zero-order valence-corrected chi connectivity index (χ0v) is 10.8. The number of methoxy groups -OCH3 is 1. The van der Waals surface area contributed by atoms with Crippen LogP contribution in [0.4, 0.5) is 0 Å². The Labute approximate surface area is 99.0 Å². The Bertz CT molecular complexity index is 311. The minimum Gasteiger partial charge on any atom is -0.379 e. The standard InChI is InChI=1S/C14H23NO/c1-5-8-13(16-4)14(15-3)12-10-7-6-9-11(12)2/h6-7,9-10,13-15H,5,8H2,1-4H3. The predicted octanol–water partition coefficient (Wildman–Crippen LogP) is 3.07. The molecule has 1 aromatic carbocycles. The van der Waals surface area contributed by atoms with Crippen LogP contribution in [-0.2, 0) is 4.74 Å². The smallest absolute Gasteiger partial charge is 0.0765 e. The lowest BCUT2D eigenvalue weighted by molar-refractivity contribution is 0.0628. The fourth-order valence-electron chi connectivity index (χ4n) is 2.18. The van der Waals surface area contributed by atoms with E-state index in [2.05, 4.69) is 43.4 Å². The first-order valence-corrected chi connectivity index (χ1v) is 6.00. The van der Waals surface area contributed by atoms with E-state index in [0.717, 1.165) is 12.8 Å². The van der Waals surface area contributed by atoms with Crippen LogP contribution in [0.3, 0.4) is 0 Å². The number of likely N-dealkylation sites (N-methyl/N-ethyl adjacent to an activating group) is 1. The molecule has 1 N–H and O–H groups in total. The van der Waals surface area contributed by atoms with Gasteiger partial charge in [0.1, 0.15) is 0 Å². The summed E-state index contributed by atoms with van der Waals surface area (Å²) in [6.45, 7) is 4.34. The van der Waals surface area contributed by atoms with E-state index in [1.54, 1.807) is 7.11 Å². The maximum absolute atomic E-state index is 5.59. The molecule has 0 aliphatic carbocycles. The number of hydrogen-bond acceptors (Lipinski definition) is 2. The Hall–Kier alpha value is -0.860. The first-order valence-electron chi connectivity index (χ1n) is 6.00. The second kappa shape index (κ2) is 6.66. The highest BCUT2D eigenvalue weighted by Gasteiger charge is 2.21. The average Bonchev–Trinajstić information content (AvgIpc) is 2.31. The zero-order chi connectivity index (χ0) is 12.0. The van der Waals surface area contributed by atoms with Gasteiger partial charge in [0.05, 0.1) is 12.1 Å². The van der Waals surface area contributed by atoms with Crippen molar-refractivity contribution in [3.05, 3.63) is 35.4 Å². The summed E-state index contributed by atoms with van der Waals surface area (Å²) in [5.74, 6) is 0. The Morgan fingerprint density at radius 3 is 2.50 bits per heavy atom. The van der Waals surface area contributed by atoms with E-state index in [-0.39, 0.29) is 12.1 Å². The fraction of sp³-hybridized carbons (Fsp3) is 0.571. The summed E-state index contributed by atoms with van der Waals surface area (Å²) in [7, 11) is 3.79. The molecule has 2 nitrogen and oxygen atoms in total. The van der Waals surface area contributed by atoms with Gasteiger partial charge in [-0.25, -0.2) is 0 Å². The first kappa shape index (κ1) is 13.2. The van der Waals surface area contributed by atoms with Crippen molar-refractivity contribution < 1.29 is 4.74 Å². The molecule has 0 radical (unpaired) electrons. The van der Waals surface area contributed by atoms with Crippen molar-refractivity contribution in [3.8, 4) is 0 Å². The Morgan fingerprint density at radius 2 is 2.00 bits per heavy atom. The summed E-state index contributed by atoms with van der Waals surface area (Å²) in [6, 6.07) is 8.78. The van der Waals surface area contributed by atoms with Crippen LogP contribution < -0.4 is 5.32 Å². The number of hydrogen-bond donors (Lipinski definition) is 1. The number of ether oxygens (including phenoxy) is 1. The van der Waals surface area contributed by atoms with Gasteiger partial charge in [-0.2, -0.15) is 0 Å². The van der Waals surface area contributed by atoms with E-state index < -0.39 is 0 Å². The molecule has 1 rings (SSSR count). The van der Waals surface area contributed by atoms with Crippen molar-refractivity contribution in [2.45, 2.75) is 38.8 Å². The normalized spacial score (nSPS) is 14.8. The van der Waals surface area contributed by atoms with Gasteiger partial charge in [-0.05, 0) is 31.5 Å². The molecule has 0 aromatic heterocycles. The van der Waals surface area contributed by atoms with E-state index in [1.807, 2.05) is 7.05 Å². The number of rotatable bonds is 6. The van der Waals surface area contributed by atoms with Crippen molar-refractivity contribution in [1.29, 1.82) is 0 Å². The van der Waals surface area contributed by atoms with Gasteiger partial charge in [-0.3, -0.25) is 0 Å². The summed E-state index contributed by atoms with van der Waals surface area (Å²) in [4.78, 5) is 0. The van der Waals surface area contributed by atoms with Crippen LogP contribution >= 0.6 is 0 Å². The predicted molar refractivity (Wildman–Crippen MR) is 68.7 cm³/mol. The maximum Gasteiger partial charge on any atom is 0.0765 e. The van der Waals surface area contributed by atoms with Crippen LogP contribution in [-0.4, -0.2) is 20.3 Å². The third-order valence-electron chi connectivity index (χ3n) is 3.08. The van der Waals surface area contributed by atoms with Gasteiger partial charge < -0.3 is 10.1 Å². The van der Waals surface area contributed by atoms with E-state index in [0.29, 0.717) is 0 Å². The highest BCUT2D eigenvalue weighted by molar-refractivity contribution is 5.29. The molecule has 0 amide bonds. The molecular formula is C14H23NO. The van der Waals surface area contributed by atoms with Crippen LogP contribution in [0.2, 0.25) is 0 Å². The molecule has 2 heteroatoms. The molecule has 16 heavy (non-hydrogen) atoms. The number of nitrogens with one attached hydrogen (secondary N) is 1. The Balaban J connectivity index is 2.92. The Morgan fingerprint density at radius 1 is 1.31 bits per heavy atom. The fourth-order valence-corrected chi connectivity index (χ4v) is 2.18. The van der Waals surface area contributed by atoms with Crippen molar-refractivity contribution in [3.63, 3.8) is 0 Å². The second-order valence-corrected chi connectivity index (χ2v) is 4.19. The van der Waals surface area contributed by atoms with Gasteiger partial charge in [-0.15, -0.1) is 0 Å². The van der Waals surface area contributed by atoms with Gasteiger partial charge in [0.25, 0.3) is 0 Å². The zero-order valence-electron chi connectivity index (χ0n) is 10.8. The minimum absolute atomic E-state index is 0.246. The van der Waals surface area contributed by atoms with Crippen LogP contribution in [0.5, 0.6) is 0 Å². The molecule has 0 heterocycles. The van der Waals surface area contributed by atoms with Crippen molar-refractivity contribution >= 4 is 0 Å². The molecule has 0 spiro atoms. The molecule has 2 atom stereocenters. The topological polar surface area (TPSA) is 21.3 Å². The molecule has 0 aliphatic rings.